The van der Waals surface area contributed by atoms with Gasteiger partial charge in [-0.1, -0.05) is 59.0 Å². The molecule has 1 atom stereocenters. The molecule has 1 aliphatic carbocycles. The fraction of sp³-hybridized carbons (Fsp3) is 0.273. The molecule has 1 unspecified atom stereocenters. The Bertz CT molecular complexity index is 302. The average molecular weight is 270 g/mol. The van der Waals surface area contributed by atoms with Gasteiger partial charge >= 0.3 is 0 Å². The Kier molecular flexibility index (Phi) is 2.49. The molecule has 0 saturated heterocycles. The van der Waals surface area contributed by atoms with E-state index in [9.17, 15) is 0 Å². The van der Waals surface area contributed by atoms with Crippen LogP contribution in [0.25, 0.3) is 6.08 Å². The number of alkyl halides is 1. The summed E-state index contributed by atoms with van der Waals surface area (Å²) >= 11 is 2.45. The van der Waals surface area contributed by atoms with Gasteiger partial charge in [-0.15, -0.1) is 0 Å². The van der Waals surface area contributed by atoms with Gasteiger partial charge in [-0.25, -0.2) is 0 Å². The fourth-order valence-electron chi connectivity index (χ4n) is 1.58. The van der Waals surface area contributed by atoms with Gasteiger partial charge in [0, 0.05) is 4.43 Å². The Morgan fingerprint density at radius 2 is 2.17 bits per heavy atom. The first-order valence-corrected chi connectivity index (χ1v) is 5.75. The Balaban J connectivity index is 2.33. The average Bonchev–Trinajstić information content (AvgIpc) is 2.17. The summed E-state index contributed by atoms with van der Waals surface area (Å²) in [6.45, 7) is 0. The van der Waals surface area contributed by atoms with Crippen LogP contribution in [-0.2, 0) is 6.42 Å². The lowest BCUT2D eigenvalue weighted by molar-refractivity contribution is 0.739. The minimum Gasteiger partial charge on any atom is -0.0857 e. The number of hydrogen-bond acceptors (Lipinski definition) is 0. The van der Waals surface area contributed by atoms with Gasteiger partial charge in [-0.05, 0) is 23.5 Å². The summed E-state index contributed by atoms with van der Waals surface area (Å²) in [5.74, 6) is 0.750. The molecular formula is C11H11I. The molecule has 0 radical (unpaired) electrons. The Morgan fingerprint density at radius 1 is 1.33 bits per heavy atom. The van der Waals surface area contributed by atoms with Crippen molar-refractivity contribution in [3.8, 4) is 0 Å². The molecule has 2 rings (SSSR count). The van der Waals surface area contributed by atoms with Gasteiger partial charge in [0.2, 0.25) is 0 Å². The minimum absolute atomic E-state index is 0.750. The molecular weight excluding hydrogens is 259 g/mol. The molecule has 1 aromatic carbocycles. The van der Waals surface area contributed by atoms with Gasteiger partial charge in [0.05, 0.1) is 0 Å². The van der Waals surface area contributed by atoms with E-state index in [1.165, 1.54) is 22.0 Å². The summed E-state index contributed by atoms with van der Waals surface area (Å²) in [4.78, 5) is 0. The number of benzene rings is 1. The van der Waals surface area contributed by atoms with Crippen molar-refractivity contribution in [1.82, 2.24) is 0 Å². The van der Waals surface area contributed by atoms with E-state index in [4.69, 9.17) is 0 Å². The van der Waals surface area contributed by atoms with Crippen LogP contribution in [0, 0.1) is 5.92 Å². The molecule has 0 N–H and O–H groups in total. The van der Waals surface area contributed by atoms with E-state index in [0.717, 1.165) is 5.92 Å². The summed E-state index contributed by atoms with van der Waals surface area (Å²) < 4.78 is 1.22. The van der Waals surface area contributed by atoms with Crippen molar-refractivity contribution in [2.45, 2.75) is 6.42 Å². The molecule has 1 aromatic rings. The van der Waals surface area contributed by atoms with Crippen LogP contribution in [0.4, 0.5) is 0 Å². The first kappa shape index (κ1) is 8.30. The molecule has 62 valence electrons. The van der Waals surface area contributed by atoms with Crippen molar-refractivity contribution in [1.29, 1.82) is 0 Å². The quantitative estimate of drug-likeness (QED) is 0.542. The van der Waals surface area contributed by atoms with Gasteiger partial charge in [-0.2, -0.15) is 0 Å². The minimum atomic E-state index is 0.750. The lowest BCUT2D eigenvalue weighted by atomic mass is 9.91. The molecule has 0 aliphatic heterocycles. The molecule has 1 heteroatoms. The third-order valence-electron chi connectivity index (χ3n) is 2.28. The molecule has 0 bridgehead atoms. The second kappa shape index (κ2) is 3.60. The molecule has 0 spiro atoms. The van der Waals surface area contributed by atoms with E-state index in [0.29, 0.717) is 0 Å². The van der Waals surface area contributed by atoms with Crippen molar-refractivity contribution < 1.29 is 0 Å². The summed E-state index contributed by atoms with van der Waals surface area (Å²) in [6.07, 6.45) is 5.80. The molecule has 0 heterocycles. The monoisotopic (exact) mass is 270 g/mol. The van der Waals surface area contributed by atoms with Crippen LogP contribution in [0.3, 0.4) is 0 Å². The highest BCUT2D eigenvalue weighted by Gasteiger charge is 2.10. The Hall–Kier alpha value is -0.310. The highest BCUT2D eigenvalue weighted by Crippen LogP contribution is 2.23. The Morgan fingerprint density at radius 3 is 3.00 bits per heavy atom. The fourth-order valence-corrected chi connectivity index (χ4v) is 2.18. The van der Waals surface area contributed by atoms with Crippen LogP contribution in [0.2, 0.25) is 0 Å². The maximum absolute atomic E-state index is 2.45. The predicted molar refractivity (Wildman–Crippen MR) is 61.6 cm³/mol. The molecule has 0 saturated carbocycles. The zero-order valence-electron chi connectivity index (χ0n) is 6.83. The maximum Gasteiger partial charge on any atom is 0.00616 e. The van der Waals surface area contributed by atoms with Crippen LogP contribution in [0.1, 0.15) is 11.1 Å². The first-order chi connectivity index (χ1) is 5.90. The second-order valence-electron chi connectivity index (χ2n) is 3.18. The van der Waals surface area contributed by atoms with E-state index in [1.54, 1.807) is 0 Å². The summed E-state index contributed by atoms with van der Waals surface area (Å²) in [6, 6.07) is 8.66. The molecule has 12 heavy (non-hydrogen) atoms. The van der Waals surface area contributed by atoms with E-state index in [1.807, 2.05) is 0 Å². The van der Waals surface area contributed by atoms with Gasteiger partial charge in [0.25, 0.3) is 0 Å². The molecule has 0 nitrogen and oxygen atoms in total. The molecule has 0 fully saturated rings. The third-order valence-corrected chi connectivity index (χ3v) is 3.41. The zero-order chi connectivity index (χ0) is 8.39. The van der Waals surface area contributed by atoms with Crippen molar-refractivity contribution in [2.75, 3.05) is 4.43 Å². The summed E-state index contributed by atoms with van der Waals surface area (Å²) in [5.41, 5.74) is 2.90. The van der Waals surface area contributed by atoms with Crippen molar-refractivity contribution in [2.24, 2.45) is 5.92 Å². The van der Waals surface area contributed by atoms with Crippen LogP contribution in [0.5, 0.6) is 0 Å². The lowest BCUT2D eigenvalue weighted by Gasteiger charge is -2.16. The molecule has 0 aromatic heterocycles. The van der Waals surface area contributed by atoms with Gasteiger partial charge in [0.1, 0.15) is 0 Å². The van der Waals surface area contributed by atoms with Crippen molar-refractivity contribution >= 4 is 28.7 Å². The zero-order valence-corrected chi connectivity index (χ0v) is 8.99. The first-order valence-electron chi connectivity index (χ1n) is 4.22. The largest absolute Gasteiger partial charge is 0.0857 e. The van der Waals surface area contributed by atoms with E-state index in [-0.39, 0.29) is 0 Å². The topological polar surface area (TPSA) is 0 Å². The SMILES string of the molecule is ICC1C=Cc2ccccc2C1. The Labute approximate surface area is 86.8 Å². The van der Waals surface area contributed by atoms with E-state index >= 15 is 0 Å². The van der Waals surface area contributed by atoms with Gasteiger partial charge in [-0.3, -0.25) is 0 Å². The smallest absolute Gasteiger partial charge is 0.00616 e. The third kappa shape index (κ3) is 1.56. The molecule has 0 amide bonds. The van der Waals surface area contributed by atoms with Crippen LogP contribution < -0.4 is 0 Å². The number of halogens is 1. The highest BCUT2D eigenvalue weighted by molar-refractivity contribution is 14.1. The van der Waals surface area contributed by atoms with Crippen molar-refractivity contribution in [3.05, 3.63) is 41.5 Å². The van der Waals surface area contributed by atoms with Crippen LogP contribution in [-0.4, -0.2) is 4.43 Å². The van der Waals surface area contributed by atoms with Gasteiger partial charge < -0.3 is 0 Å². The maximum atomic E-state index is 2.45. The van der Waals surface area contributed by atoms with E-state index < -0.39 is 0 Å². The number of rotatable bonds is 1. The standard InChI is InChI=1S/C11H11I/c12-8-9-5-6-10-3-1-2-4-11(10)7-9/h1-6,9H,7-8H2. The predicted octanol–water partition coefficient (Wildman–Crippen LogP) is 3.31. The van der Waals surface area contributed by atoms with Gasteiger partial charge in [0.15, 0.2) is 0 Å². The number of hydrogen-bond donors (Lipinski definition) is 0. The normalized spacial score (nSPS) is 20.6. The van der Waals surface area contributed by atoms with E-state index in [2.05, 4.69) is 59.0 Å². The number of fused-ring (bicyclic) bond motifs is 1. The van der Waals surface area contributed by atoms with Crippen LogP contribution in [0.15, 0.2) is 30.3 Å². The second-order valence-corrected chi connectivity index (χ2v) is 4.06. The lowest BCUT2D eigenvalue weighted by Crippen LogP contribution is -2.07. The van der Waals surface area contributed by atoms with Crippen LogP contribution >= 0.6 is 22.6 Å². The summed E-state index contributed by atoms with van der Waals surface area (Å²) in [7, 11) is 0. The number of allylic oxidation sites excluding steroid dienone is 1. The summed E-state index contributed by atoms with van der Waals surface area (Å²) in [5, 5.41) is 0. The van der Waals surface area contributed by atoms with Crippen molar-refractivity contribution in [3.63, 3.8) is 0 Å². The molecule has 1 aliphatic rings. The highest BCUT2D eigenvalue weighted by atomic mass is 127.